The van der Waals surface area contributed by atoms with Gasteiger partial charge in [-0.05, 0) is 60.7 Å². The SMILES string of the molecule is CC1CCC2C(C1)CC1CC2C1(C)C. The zero-order valence-electron chi connectivity index (χ0n) is 9.92. The first kappa shape index (κ1) is 9.24. The lowest BCUT2D eigenvalue weighted by molar-refractivity contribution is -0.149. The van der Waals surface area contributed by atoms with Crippen LogP contribution in [0.15, 0.2) is 0 Å². The summed E-state index contributed by atoms with van der Waals surface area (Å²) in [7, 11) is 0. The molecule has 0 amide bonds. The van der Waals surface area contributed by atoms with Crippen molar-refractivity contribution in [3.63, 3.8) is 0 Å². The van der Waals surface area contributed by atoms with Gasteiger partial charge in [-0.15, -0.1) is 0 Å². The molecule has 0 saturated heterocycles. The second-order valence-corrected chi connectivity index (χ2v) is 6.94. The van der Waals surface area contributed by atoms with E-state index >= 15 is 0 Å². The van der Waals surface area contributed by atoms with Gasteiger partial charge in [0.15, 0.2) is 0 Å². The van der Waals surface area contributed by atoms with E-state index in [2.05, 4.69) is 20.8 Å². The molecular formula is C14H24. The van der Waals surface area contributed by atoms with Crippen LogP contribution in [-0.2, 0) is 0 Å². The highest BCUT2D eigenvalue weighted by atomic mass is 14.6. The van der Waals surface area contributed by atoms with Crippen molar-refractivity contribution in [2.45, 2.75) is 52.9 Å². The number of rotatable bonds is 0. The number of hydrogen-bond acceptors (Lipinski definition) is 0. The lowest BCUT2D eigenvalue weighted by Gasteiger charge is -2.64. The Morgan fingerprint density at radius 3 is 2.50 bits per heavy atom. The molecule has 0 radical (unpaired) electrons. The van der Waals surface area contributed by atoms with Crippen molar-refractivity contribution in [2.75, 3.05) is 0 Å². The second kappa shape index (κ2) is 2.77. The van der Waals surface area contributed by atoms with Crippen molar-refractivity contribution in [1.82, 2.24) is 0 Å². The molecule has 4 fully saturated rings. The maximum atomic E-state index is 2.53. The minimum atomic E-state index is 0.710. The predicted molar refractivity (Wildman–Crippen MR) is 60.0 cm³/mol. The van der Waals surface area contributed by atoms with E-state index in [0.29, 0.717) is 5.41 Å². The molecule has 4 aliphatic rings. The van der Waals surface area contributed by atoms with E-state index in [4.69, 9.17) is 0 Å². The van der Waals surface area contributed by atoms with Crippen LogP contribution in [0.5, 0.6) is 0 Å². The molecule has 0 aromatic carbocycles. The van der Waals surface area contributed by atoms with Crippen molar-refractivity contribution in [2.24, 2.45) is 35.0 Å². The molecule has 0 heterocycles. The minimum Gasteiger partial charge on any atom is -0.0625 e. The second-order valence-electron chi connectivity index (χ2n) is 6.94. The maximum absolute atomic E-state index is 2.53. The highest BCUT2D eigenvalue weighted by Crippen LogP contribution is 2.65. The van der Waals surface area contributed by atoms with Crippen LogP contribution >= 0.6 is 0 Å². The Kier molecular flexibility index (Phi) is 1.83. The molecule has 5 atom stereocenters. The van der Waals surface area contributed by atoms with Crippen molar-refractivity contribution in [1.29, 1.82) is 0 Å². The summed E-state index contributed by atoms with van der Waals surface area (Å²) in [5.41, 5.74) is 0.710. The van der Waals surface area contributed by atoms with Crippen molar-refractivity contribution < 1.29 is 0 Å². The molecule has 5 unspecified atom stereocenters. The Labute approximate surface area is 88.5 Å². The Hall–Kier alpha value is 0. The van der Waals surface area contributed by atoms with Gasteiger partial charge in [0.25, 0.3) is 0 Å². The minimum absolute atomic E-state index is 0.710. The largest absolute Gasteiger partial charge is 0.0625 e. The van der Waals surface area contributed by atoms with Crippen LogP contribution < -0.4 is 0 Å². The van der Waals surface area contributed by atoms with E-state index in [1.807, 2.05) is 0 Å². The molecule has 14 heavy (non-hydrogen) atoms. The predicted octanol–water partition coefficient (Wildman–Crippen LogP) is 4.10. The van der Waals surface area contributed by atoms with Crippen LogP contribution in [0, 0.1) is 35.0 Å². The van der Waals surface area contributed by atoms with E-state index in [9.17, 15) is 0 Å². The van der Waals surface area contributed by atoms with Crippen LogP contribution in [0.2, 0.25) is 0 Å². The zero-order chi connectivity index (χ0) is 9.92. The van der Waals surface area contributed by atoms with Gasteiger partial charge in [0.2, 0.25) is 0 Å². The van der Waals surface area contributed by atoms with Gasteiger partial charge < -0.3 is 0 Å². The number of hydrogen-bond donors (Lipinski definition) is 0. The van der Waals surface area contributed by atoms with Crippen LogP contribution in [0.4, 0.5) is 0 Å². The van der Waals surface area contributed by atoms with Gasteiger partial charge in [-0.25, -0.2) is 0 Å². The van der Waals surface area contributed by atoms with E-state index in [-0.39, 0.29) is 0 Å². The monoisotopic (exact) mass is 192 g/mol. The first-order valence-corrected chi connectivity index (χ1v) is 6.59. The Morgan fingerprint density at radius 2 is 1.79 bits per heavy atom. The molecule has 0 N–H and O–H groups in total. The van der Waals surface area contributed by atoms with Crippen molar-refractivity contribution in [3.8, 4) is 0 Å². The molecule has 0 heteroatoms. The third-order valence-electron chi connectivity index (χ3n) is 5.95. The van der Waals surface area contributed by atoms with E-state index in [1.54, 1.807) is 25.7 Å². The quantitative estimate of drug-likeness (QED) is 0.542. The molecular weight excluding hydrogens is 168 g/mol. The summed E-state index contributed by atoms with van der Waals surface area (Å²) in [6, 6.07) is 0. The first-order valence-electron chi connectivity index (χ1n) is 6.59. The lowest BCUT2D eigenvalue weighted by atomic mass is 9.41. The fourth-order valence-corrected chi connectivity index (χ4v) is 4.87. The van der Waals surface area contributed by atoms with Crippen molar-refractivity contribution in [3.05, 3.63) is 0 Å². The van der Waals surface area contributed by atoms with Gasteiger partial charge in [0, 0.05) is 0 Å². The zero-order valence-corrected chi connectivity index (χ0v) is 9.92. The Morgan fingerprint density at radius 1 is 1.00 bits per heavy atom. The molecule has 0 nitrogen and oxygen atoms in total. The molecule has 0 aromatic rings. The van der Waals surface area contributed by atoms with Crippen LogP contribution in [0.3, 0.4) is 0 Å². The van der Waals surface area contributed by atoms with Gasteiger partial charge in [-0.1, -0.05) is 27.2 Å². The van der Waals surface area contributed by atoms with Crippen LogP contribution in [-0.4, -0.2) is 0 Å². The molecule has 80 valence electrons. The average molecular weight is 192 g/mol. The third kappa shape index (κ3) is 1.06. The summed E-state index contributed by atoms with van der Waals surface area (Å²) in [4.78, 5) is 0. The molecule has 4 aliphatic carbocycles. The summed E-state index contributed by atoms with van der Waals surface area (Å²) in [5.74, 6) is 5.44. The molecule has 4 rings (SSSR count). The fraction of sp³-hybridized carbons (Fsp3) is 1.00. The average Bonchev–Trinajstić information content (AvgIpc) is 2.16. The fourth-order valence-electron chi connectivity index (χ4n) is 4.87. The summed E-state index contributed by atoms with van der Waals surface area (Å²) in [6.45, 7) is 7.52. The molecule has 0 aliphatic heterocycles. The smallest absolute Gasteiger partial charge is 0.0295 e. The summed E-state index contributed by atoms with van der Waals surface area (Å²) < 4.78 is 0. The lowest BCUT2D eigenvalue weighted by Crippen LogP contribution is -2.56. The first-order chi connectivity index (χ1) is 6.59. The van der Waals surface area contributed by atoms with Crippen LogP contribution in [0.1, 0.15) is 52.9 Å². The summed E-state index contributed by atoms with van der Waals surface area (Å²) >= 11 is 0. The van der Waals surface area contributed by atoms with E-state index < -0.39 is 0 Å². The molecule has 2 bridgehead atoms. The van der Waals surface area contributed by atoms with Gasteiger partial charge in [0.05, 0.1) is 0 Å². The van der Waals surface area contributed by atoms with E-state index in [0.717, 1.165) is 29.6 Å². The summed E-state index contributed by atoms with van der Waals surface area (Å²) in [6.07, 6.45) is 7.75. The topological polar surface area (TPSA) is 0 Å². The molecule has 0 aromatic heterocycles. The summed E-state index contributed by atoms with van der Waals surface area (Å²) in [5, 5.41) is 0. The van der Waals surface area contributed by atoms with Gasteiger partial charge >= 0.3 is 0 Å². The van der Waals surface area contributed by atoms with Gasteiger partial charge in [-0.2, -0.15) is 0 Å². The Bertz CT molecular complexity index is 240. The van der Waals surface area contributed by atoms with Crippen molar-refractivity contribution >= 4 is 0 Å². The standard InChI is InChI=1S/C14H24/c1-9-4-5-12-10(6-9)7-11-8-13(12)14(11,2)3/h9-13H,4-8H2,1-3H3. The molecule has 4 saturated carbocycles. The highest BCUT2D eigenvalue weighted by molar-refractivity contribution is 5.06. The Balaban J connectivity index is 1.79. The third-order valence-corrected chi connectivity index (χ3v) is 5.95. The van der Waals surface area contributed by atoms with Gasteiger partial charge in [-0.3, -0.25) is 0 Å². The van der Waals surface area contributed by atoms with Crippen LogP contribution in [0.25, 0.3) is 0 Å². The normalized spacial score (nSPS) is 54.6. The molecule has 0 spiro atoms. The van der Waals surface area contributed by atoms with Gasteiger partial charge in [0.1, 0.15) is 0 Å². The van der Waals surface area contributed by atoms with E-state index in [1.165, 1.54) is 6.42 Å². The maximum Gasteiger partial charge on any atom is -0.0295 e. The highest BCUT2D eigenvalue weighted by Gasteiger charge is 2.57.